The molecule has 1 rings (SSSR count). The van der Waals surface area contributed by atoms with Crippen LogP contribution in [0.2, 0.25) is 5.02 Å². The molecule has 0 spiro atoms. The highest BCUT2D eigenvalue weighted by atomic mass is 35.5. The standard InChI is InChI=1S/C10H10ClNO2S/c11-9-5-4-8(3-1-2-6-15)7-10(9)12(13)14/h1,3-5,7,15H,2,6H2. The number of nitro groups is 1. The van der Waals surface area contributed by atoms with Gasteiger partial charge in [0, 0.05) is 6.07 Å². The lowest BCUT2D eigenvalue weighted by molar-refractivity contribution is -0.384. The molecular weight excluding hydrogens is 234 g/mol. The van der Waals surface area contributed by atoms with Gasteiger partial charge in [0.2, 0.25) is 0 Å². The van der Waals surface area contributed by atoms with Gasteiger partial charge in [0.15, 0.2) is 0 Å². The first-order valence-corrected chi connectivity index (χ1v) is 5.37. The van der Waals surface area contributed by atoms with Crippen LogP contribution in [0.25, 0.3) is 6.08 Å². The Hall–Kier alpha value is -1.00. The van der Waals surface area contributed by atoms with E-state index in [9.17, 15) is 10.1 Å². The molecule has 1 aromatic rings. The van der Waals surface area contributed by atoms with E-state index in [0.29, 0.717) is 0 Å². The van der Waals surface area contributed by atoms with Crippen LogP contribution in [0.15, 0.2) is 24.3 Å². The van der Waals surface area contributed by atoms with Crippen LogP contribution in [0.3, 0.4) is 0 Å². The summed E-state index contributed by atoms with van der Waals surface area (Å²) >= 11 is 9.73. The number of nitrogens with zero attached hydrogens (tertiary/aromatic N) is 1. The summed E-state index contributed by atoms with van der Waals surface area (Å²) in [5.74, 6) is 0.756. The van der Waals surface area contributed by atoms with Crippen molar-refractivity contribution in [3.05, 3.63) is 45.0 Å². The molecule has 0 saturated carbocycles. The van der Waals surface area contributed by atoms with Gasteiger partial charge in [-0.25, -0.2) is 0 Å². The Morgan fingerprint density at radius 3 is 2.87 bits per heavy atom. The fourth-order valence-corrected chi connectivity index (χ4v) is 1.40. The second-order valence-electron chi connectivity index (χ2n) is 2.88. The zero-order chi connectivity index (χ0) is 11.3. The molecule has 5 heteroatoms. The molecule has 0 fully saturated rings. The number of allylic oxidation sites excluding steroid dienone is 1. The highest BCUT2D eigenvalue weighted by Gasteiger charge is 2.11. The zero-order valence-electron chi connectivity index (χ0n) is 7.89. The molecule has 0 aromatic heterocycles. The molecule has 3 nitrogen and oxygen atoms in total. The van der Waals surface area contributed by atoms with Crippen molar-refractivity contribution in [1.82, 2.24) is 0 Å². The molecule has 0 bridgehead atoms. The van der Waals surface area contributed by atoms with E-state index < -0.39 is 4.92 Å². The Morgan fingerprint density at radius 1 is 1.53 bits per heavy atom. The highest BCUT2D eigenvalue weighted by molar-refractivity contribution is 7.80. The molecule has 0 atom stereocenters. The van der Waals surface area contributed by atoms with Gasteiger partial charge in [0.1, 0.15) is 5.02 Å². The van der Waals surface area contributed by atoms with Crippen molar-refractivity contribution >= 4 is 36.0 Å². The van der Waals surface area contributed by atoms with Crippen LogP contribution in [0, 0.1) is 10.1 Å². The van der Waals surface area contributed by atoms with Crippen molar-refractivity contribution in [2.45, 2.75) is 6.42 Å². The first-order chi connectivity index (χ1) is 7.15. The maximum atomic E-state index is 10.6. The first kappa shape index (κ1) is 12.1. The predicted molar refractivity (Wildman–Crippen MR) is 65.6 cm³/mol. The van der Waals surface area contributed by atoms with Gasteiger partial charge in [-0.3, -0.25) is 10.1 Å². The number of nitro benzene ring substituents is 1. The van der Waals surface area contributed by atoms with E-state index in [1.54, 1.807) is 6.07 Å². The summed E-state index contributed by atoms with van der Waals surface area (Å²) in [6.45, 7) is 0. The fraction of sp³-hybridized carbons (Fsp3) is 0.200. The van der Waals surface area contributed by atoms with Crippen LogP contribution < -0.4 is 0 Å². The lowest BCUT2D eigenvalue weighted by atomic mass is 10.2. The Labute approximate surface area is 98.3 Å². The number of benzene rings is 1. The summed E-state index contributed by atoms with van der Waals surface area (Å²) in [5.41, 5.74) is 0.706. The summed E-state index contributed by atoms with van der Waals surface area (Å²) in [4.78, 5) is 10.1. The summed E-state index contributed by atoms with van der Waals surface area (Å²) < 4.78 is 0. The van der Waals surface area contributed by atoms with Gasteiger partial charge in [-0.15, -0.1) is 0 Å². The van der Waals surface area contributed by atoms with Crippen LogP contribution in [0.1, 0.15) is 12.0 Å². The Kier molecular flexibility index (Phi) is 4.65. The van der Waals surface area contributed by atoms with Gasteiger partial charge in [-0.1, -0.05) is 29.8 Å². The van der Waals surface area contributed by atoms with E-state index >= 15 is 0 Å². The molecule has 0 aliphatic rings. The number of rotatable bonds is 4. The number of thiol groups is 1. The summed E-state index contributed by atoms with van der Waals surface area (Å²) in [6.07, 6.45) is 4.57. The summed E-state index contributed by atoms with van der Waals surface area (Å²) in [5, 5.41) is 10.7. The third-order valence-corrected chi connectivity index (χ3v) is 2.35. The van der Waals surface area contributed by atoms with Crippen molar-refractivity contribution in [2.75, 3.05) is 5.75 Å². The van der Waals surface area contributed by atoms with Gasteiger partial charge in [-0.05, 0) is 23.8 Å². The lowest BCUT2D eigenvalue weighted by Crippen LogP contribution is -1.89. The monoisotopic (exact) mass is 243 g/mol. The summed E-state index contributed by atoms with van der Waals surface area (Å²) in [7, 11) is 0. The highest BCUT2D eigenvalue weighted by Crippen LogP contribution is 2.25. The lowest BCUT2D eigenvalue weighted by Gasteiger charge is -1.97. The van der Waals surface area contributed by atoms with Crippen LogP contribution in [0.4, 0.5) is 5.69 Å². The third kappa shape index (κ3) is 3.57. The molecule has 0 heterocycles. The number of hydrogen-bond donors (Lipinski definition) is 1. The molecule has 0 aliphatic carbocycles. The van der Waals surface area contributed by atoms with E-state index in [-0.39, 0.29) is 10.7 Å². The normalized spacial score (nSPS) is 10.8. The average Bonchev–Trinajstić information content (AvgIpc) is 2.20. The van der Waals surface area contributed by atoms with Crippen LogP contribution in [0.5, 0.6) is 0 Å². The zero-order valence-corrected chi connectivity index (χ0v) is 9.54. The van der Waals surface area contributed by atoms with Gasteiger partial charge in [0.25, 0.3) is 5.69 Å². The molecule has 0 unspecified atom stereocenters. The minimum absolute atomic E-state index is 0.0651. The molecule has 0 radical (unpaired) electrons. The molecule has 1 aromatic carbocycles. The van der Waals surface area contributed by atoms with Crippen molar-refractivity contribution in [2.24, 2.45) is 0 Å². The van der Waals surface area contributed by atoms with E-state index in [0.717, 1.165) is 17.7 Å². The third-order valence-electron chi connectivity index (χ3n) is 1.77. The largest absolute Gasteiger partial charge is 0.288 e. The quantitative estimate of drug-likeness (QED) is 0.499. The second kappa shape index (κ2) is 5.78. The number of halogens is 1. The molecule has 80 valence electrons. The van der Waals surface area contributed by atoms with E-state index in [1.807, 2.05) is 12.2 Å². The number of hydrogen-bond acceptors (Lipinski definition) is 3. The minimum atomic E-state index is -0.488. The molecule has 0 saturated heterocycles. The summed E-state index contributed by atoms with van der Waals surface area (Å²) in [6, 6.07) is 4.72. The van der Waals surface area contributed by atoms with Crippen molar-refractivity contribution in [3.63, 3.8) is 0 Å². The molecule has 15 heavy (non-hydrogen) atoms. The molecule has 0 aliphatic heterocycles. The topological polar surface area (TPSA) is 43.1 Å². The van der Waals surface area contributed by atoms with Crippen LogP contribution >= 0.6 is 24.2 Å². The van der Waals surface area contributed by atoms with Crippen molar-refractivity contribution in [1.29, 1.82) is 0 Å². The molecular formula is C10H10ClNO2S. The van der Waals surface area contributed by atoms with Crippen LogP contribution in [-0.2, 0) is 0 Å². The smallest absolute Gasteiger partial charge is 0.258 e. The first-order valence-electron chi connectivity index (χ1n) is 4.36. The van der Waals surface area contributed by atoms with Gasteiger partial charge in [-0.2, -0.15) is 12.6 Å². The Morgan fingerprint density at radius 2 is 2.27 bits per heavy atom. The second-order valence-corrected chi connectivity index (χ2v) is 3.74. The average molecular weight is 244 g/mol. The van der Waals surface area contributed by atoms with Crippen molar-refractivity contribution in [3.8, 4) is 0 Å². The van der Waals surface area contributed by atoms with Gasteiger partial charge < -0.3 is 0 Å². The van der Waals surface area contributed by atoms with Crippen molar-refractivity contribution < 1.29 is 4.92 Å². The van der Waals surface area contributed by atoms with Crippen LogP contribution in [-0.4, -0.2) is 10.7 Å². The Bertz CT molecular complexity index is 393. The maximum Gasteiger partial charge on any atom is 0.288 e. The van der Waals surface area contributed by atoms with Gasteiger partial charge >= 0.3 is 0 Å². The predicted octanol–water partition coefficient (Wildman–Crippen LogP) is 3.58. The van der Waals surface area contributed by atoms with E-state index in [1.165, 1.54) is 12.1 Å². The molecule has 0 amide bonds. The van der Waals surface area contributed by atoms with E-state index in [2.05, 4.69) is 12.6 Å². The maximum absolute atomic E-state index is 10.6. The minimum Gasteiger partial charge on any atom is -0.258 e. The fourth-order valence-electron chi connectivity index (χ4n) is 1.07. The van der Waals surface area contributed by atoms with E-state index in [4.69, 9.17) is 11.6 Å². The Balaban J connectivity index is 2.92. The molecule has 0 N–H and O–H groups in total. The SMILES string of the molecule is O=[N+]([O-])c1cc(C=CCCS)ccc1Cl. The van der Waals surface area contributed by atoms with Gasteiger partial charge in [0.05, 0.1) is 4.92 Å².